The second-order valence-corrected chi connectivity index (χ2v) is 3.56. The van der Waals surface area contributed by atoms with Crippen LogP contribution >= 0.6 is 0 Å². The number of ether oxygens (including phenoxy) is 1. The van der Waals surface area contributed by atoms with Crippen molar-refractivity contribution < 1.29 is 18.7 Å². The zero-order valence-electron chi connectivity index (χ0n) is 9.40. The summed E-state index contributed by atoms with van der Waals surface area (Å²) in [5.41, 5.74) is 0. The highest BCUT2D eigenvalue weighted by atomic mass is 16.5. The van der Waals surface area contributed by atoms with Crippen molar-refractivity contribution in [3.63, 3.8) is 0 Å². The van der Waals surface area contributed by atoms with Crippen LogP contribution in [0.1, 0.15) is 42.0 Å². The van der Waals surface area contributed by atoms with E-state index in [9.17, 15) is 9.59 Å². The number of rotatable bonds is 7. The van der Waals surface area contributed by atoms with E-state index in [-0.39, 0.29) is 5.97 Å². The van der Waals surface area contributed by atoms with Gasteiger partial charge in [0.1, 0.15) is 5.76 Å². The molecule has 0 fully saturated rings. The lowest BCUT2D eigenvalue weighted by Crippen LogP contribution is -1.99. The van der Waals surface area contributed by atoms with Crippen molar-refractivity contribution in [3.05, 3.63) is 23.7 Å². The van der Waals surface area contributed by atoms with Gasteiger partial charge >= 0.3 is 5.97 Å². The maximum atomic E-state index is 10.8. The van der Waals surface area contributed by atoms with E-state index >= 15 is 0 Å². The minimum Gasteiger partial charge on any atom is -0.469 e. The third-order valence-electron chi connectivity index (χ3n) is 2.33. The van der Waals surface area contributed by atoms with Crippen LogP contribution in [0, 0.1) is 0 Å². The molecule has 0 saturated carbocycles. The molecular weight excluding hydrogens is 208 g/mol. The van der Waals surface area contributed by atoms with E-state index in [1.807, 2.05) is 6.07 Å². The second kappa shape index (κ2) is 6.82. The number of carbonyl (C=O) groups excluding carboxylic acids is 2. The summed E-state index contributed by atoms with van der Waals surface area (Å²) >= 11 is 0. The maximum Gasteiger partial charge on any atom is 0.305 e. The molecule has 0 spiro atoms. The number of unbranched alkanes of at least 4 members (excludes halogenated alkanes) is 2. The first kappa shape index (κ1) is 12.5. The van der Waals surface area contributed by atoms with Crippen molar-refractivity contribution >= 4 is 12.3 Å². The van der Waals surface area contributed by atoms with Gasteiger partial charge in [-0.15, -0.1) is 0 Å². The fourth-order valence-electron chi connectivity index (χ4n) is 1.44. The van der Waals surface area contributed by atoms with Crippen LogP contribution < -0.4 is 0 Å². The summed E-state index contributed by atoms with van der Waals surface area (Å²) < 4.78 is 9.76. The van der Waals surface area contributed by atoms with E-state index in [4.69, 9.17) is 4.42 Å². The monoisotopic (exact) mass is 224 g/mol. The number of methoxy groups -OCH3 is 1. The van der Waals surface area contributed by atoms with Gasteiger partial charge in [-0.3, -0.25) is 9.59 Å². The Morgan fingerprint density at radius 3 is 2.81 bits per heavy atom. The van der Waals surface area contributed by atoms with Crippen LogP contribution in [0.15, 0.2) is 16.5 Å². The van der Waals surface area contributed by atoms with Gasteiger partial charge in [0.15, 0.2) is 12.0 Å². The molecule has 4 nitrogen and oxygen atoms in total. The van der Waals surface area contributed by atoms with Crippen LogP contribution in [-0.2, 0) is 16.0 Å². The average Bonchev–Trinajstić information content (AvgIpc) is 2.76. The second-order valence-electron chi connectivity index (χ2n) is 3.56. The predicted octanol–water partition coefficient (Wildman–Crippen LogP) is 2.37. The van der Waals surface area contributed by atoms with Gasteiger partial charge in [-0.25, -0.2) is 0 Å². The molecule has 0 aliphatic carbocycles. The van der Waals surface area contributed by atoms with Crippen LogP contribution in [0.3, 0.4) is 0 Å². The van der Waals surface area contributed by atoms with E-state index < -0.39 is 0 Å². The first-order valence-corrected chi connectivity index (χ1v) is 5.37. The Balaban J connectivity index is 2.11. The van der Waals surface area contributed by atoms with Gasteiger partial charge in [-0.05, 0) is 25.0 Å². The molecule has 0 radical (unpaired) electrons. The molecule has 0 N–H and O–H groups in total. The van der Waals surface area contributed by atoms with Crippen molar-refractivity contribution in [1.82, 2.24) is 0 Å². The Morgan fingerprint density at radius 2 is 2.19 bits per heavy atom. The van der Waals surface area contributed by atoms with E-state index in [0.717, 1.165) is 31.4 Å². The summed E-state index contributed by atoms with van der Waals surface area (Å²) in [7, 11) is 1.39. The van der Waals surface area contributed by atoms with Crippen molar-refractivity contribution in [1.29, 1.82) is 0 Å². The Morgan fingerprint density at radius 1 is 1.38 bits per heavy atom. The van der Waals surface area contributed by atoms with E-state index in [2.05, 4.69) is 4.74 Å². The van der Waals surface area contributed by atoms with Gasteiger partial charge in [0.2, 0.25) is 0 Å². The van der Waals surface area contributed by atoms with E-state index in [1.54, 1.807) is 6.07 Å². The Hall–Kier alpha value is -1.58. The fraction of sp³-hybridized carbons (Fsp3) is 0.500. The highest BCUT2D eigenvalue weighted by molar-refractivity contribution is 5.70. The number of hydrogen-bond donors (Lipinski definition) is 0. The summed E-state index contributed by atoms with van der Waals surface area (Å²) in [4.78, 5) is 21.2. The van der Waals surface area contributed by atoms with Crippen LogP contribution in [0.2, 0.25) is 0 Å². The van der Waals surface area contributed by atoms with Crippen LogP contribution in [0.25, 0.3) is 0 Å². The zero-order valence-corrected chi connectivity index (χ0v) is 9.40. The average molecular weight is 224 g/mol. The third kappa shape index (κ3) is 4.29. The number of aldehydes is 1. The van der Waals surface area contributed by atoms with Gasteiger partial charge in [0, 0.05) is 12.8 Å². The van der Waals surface area contributed by atoms with Crippen LogP contribution in [-0.4, -0.2) is 19.4 Å². The molecule has 0 aromatic carbocycles. The number of esters is 1. The zero-order chi connectivity index (χ0) is 11.8. The summed E-state index contributed by atoms with van der Waals surface area (Å²) in [6.07, 6.45) is 4.69. The maximum absolute atomic E-state index is 10.8. The van der Waals surface area contributed by atoms with Crippen LogP contribution in [0.4, 0.5) is 0 Å². The first-order valence-electron chi connectivity index (χ1n) is 5.37. The molecule has 1 heterocycles. The Bertz CT molecular complexity index is 341. The SMILES string of the molecule is COC(=O)CCCCCc1ccc(C=O)o1. The van der Waals surface area contributed by atoms with Crippen molar-refractivity contribution in [3.8, 4) is 0 Å². The molecule has 1 aromatic rings. The standard InChI is InChI=1S/C12H16O4/c1-15-12(14)6-4-2-3-5-10-7-8-11(9-13)16-10/h7-9H,2-6H2,1H3. The quantitative estimate of drug-likeness (QED) is 0.405. The molecule has 0 aliphatic heterocycles. The Labute approximate surface area is 94.6 Å². The minimum atomic E-state index is -0.166. The number of furan rings is 1. The Kier molecular flexibility index (Phi) is 5.32. The molecule has 1 aromatic heterocycles. The molecule has 0 bridgehead atoms. The lowest BCUT2D eigenvalue weighted by molar-refractivity contribution is -0.140. The smallest absolute Gasteiger partial charge is 0.305 e. The van der Waals surface area contributed by atoms with E-state index in [1.165, 1.54) is 7.11 Å². The molecule has 1 rings (SSSR count). The number of aryl methyl sites for hydroxylation is 1. The molecule has 0 amide bonds. The molecular formula is C12H16O4. The van der Waals surface area contributed by atoms with Crippen molar-refractivity contribution in [2.24, 2.45) is 0 Å². The third-order valence-corrected chi connectivity index (χ3v) is 2.33. The van der Waals surface area contributed by atoms with Gasteiger partial charge in [0.25, 0.3) is 0 Å². The van der Waals surface area contributed by atoms with Crippen molar-refractivity contribution in [2.75, 3.05) is 7.11 Å². The number of hydrogen-bond acceptors (Lipinski definition) is 4. The highest BCUT2D eigenvalue weighted by Gasteiger charge is 2.02. The highest BCUT2D eigenvalue weighted by Crippen LogP contribution is 2.11. The molecule has 16 heavy (non-hydrogen) atoms. The molecule has 88 valence electrons. The number of carbonyl (C=O) groups is 2. The van der Waals surface area contributed by atoms with Gasteiger partial charge in [-0.2, -0.15) is 0 Å². The summed E-state index contributed by atoms with van der Waals surface area (Å²) in [5.74, 6) is 1.02. The molecule has 0 aliphatic rings. The van der Waals surface area contributed by atoms with Crippen LogP contribution in [0.5, 0.6) is 0 Å². The lowest BCUT2D eigenvalue weighted by atomic mass is 10.1. The molecule has 4 heteroatoms. The fourth-order valence-corrected chi connectivity index (χ4v) is 1.44. The summed E-state index contributed by atoms with van der Waals surface area (Å²) in [6, 6.07) is 3.47. The molecule has 0 unspecified atom stereocenters. The van der Waals surface area contributed by atoms with Gasteiger partial charge in [-0.1, -0.05) is 6.42 Å². The molecule has 0 saturated heterocycles. The van der Waals surface area contributed by atoms with Crippen molar-refractivity contribution in [2.45, 2.75) is 32.1 Å². The molecule has 0 atom stereocenters. The van der Waals surface area contributed by atoms with Gasteiger partial charge < -0.3 is 9.15 Å². The first-order chi connectivity index (χ1) is 7.76. The topological polar surface area (TPSA) is 56.5 Å². The largest absolute Gasteiger partial charge is 0.469 e. The van der Waals surface area contributed by atoms with Gasteiger partial charge in [0.05, 0.1) is 7.11 Å². The summed E-state index contributed by atoms with van der Waals surface area (Å²) in [6.45, 7) is 0. The minimum absolute atomic E-state index is 0.166. The van der Waals surface area contributed by atoms with E-state index in [0.29, 0.717) is 18.5 Å². The summed E-state index contributed by atoms with van der Waals surface area (Å²) in [5, 5.41) is 0. The normalized spacial score (nSPS) is 10.1. The lowest BCUT2D eigenvalue weighted by Gasteiger charge is -1.99. The predicted molar refractivity (Wildman–Crippen MR) is 58.3 cm³/mol.